The number of likely N-dealkylation sites (N-methyl/N-ethyl adjacent to an activating group) is 1. The Hall–Kier alpha value is -0.0300. The first kappa shape index (κ1) is 15.4. The lowest BCUT2D eigenvalue weighted by molar-refractivity contribution is 0.208. The van der Waals surface area contributed by atoms with Crippen molar-refractivity contribution in [3.05, 3.63) is 22.4 Å². The number of nitrogens with zero attached hydrogens (tertiary/aromatic N) is 1. The molecule has 108 valence electrons. The standard InChI is InChI=1S/C15H26N2S2/c1-3-8-16-14(7-6-13-5-4-10-19-13)15-12-18-11-9-17(15)2/h4-5,10,14-16H,3,6-9,11-12H2,1-2H3. The SMILES string of the molecule is CCCNC(CCc1cccs1)C1CSCCN1C. The molecule has 0 spiro atoms. The van der Waals surface area contributed by atoms with Gasteiger partial charge in [0, 0.05) is 35.0 Å². The van der Waals surface area contributed by atoms with Crippen LogP contribution in [0.5, 0.6) is 0 Å². The van der Waals surface area contributed by atoms with Crippen molar-refractivity contribution in [3.8, 4) is 0 Å². The zero-order valence-corrected chi connectivity index (χ0v) is 13.7. The smallest absolute Gasteiger partial charge is 0.0337 e. The van der Waals surface area contributed by atoms with Crippen molar-refractivity contribution in [2.75, 3.05) is 31.6 Å². The molecule has 0 bridgehead atoms. The lowest BCUT2D eigenvalue weighted by Gasteiger charge is -2.38. The molecule has 1 aliphatic heterocycles. The highest BCUT2D eigenvalue weighted by Gasteiger charge is 2.27. The number of hydrogen-bond acceptors (Lipinski definition) is 4. The highest BCUT2D eigenvalue weighted by molar-refractivity contribution is 7.99. The van der Waals surface area contributed by atoms with Crippen molar-refractivity contribution in [3.63, 3.8) is 0 Å². The second-order valence-corrected chi connectivity index (χ2v) is 7.48. The molecule has 1 aromatic rings. The van der Waals surface area contributed by atoms with E-state index in [0.29, 0.717) is 12.1 Å². The van der Waals surface area contributed by atoms with E-state index in [9.17, 15) is 0 Å². The molecular weight excluding hydrogens is 272 g/mol. The fourth-order valence-electron chi connectivity index (χ4n) is 2.64. The van der Waals surface area contributed by atoms with Gasteiger partial charge in [-0.3, -0.25) is 0 Å². The molecule has 2 nitrogen and oxygen atoms in total. The van der Waals surface area contributed by atoms with Gasteiger partial charge in [0.05, 0.1) is 0 Å². The van der Waals surface area contributed by atoms with E-state index in [1.165, 1.54) is 42.2 Å². The van der Waals surface area contributed by atoms with Crippen LogP contribution in [-0.2, 0) is 6.42 Å². The molecule has 1 aliphatic rings. The summed E-state index contributed by atoms with van der Waals surface area (Å²) in [5, 5.41) is 5.97. The molecule has 1 aromatic heterocycles. The number of hydrogen-bond donors (Lipinski definition) is 1. The van der Waals surface area contributed by atoms with E-state index in [4.69, 9.17) is 0 Å². The van der Waals surface area contributed by atoms with Gasteiger partial charge in [-0.1, -0.05) is 13.0 Å². The van der Waals surface area contributed by atoms with E-state index < -0.39 is 0 Å². The number of aryl methyl sites for hydroxylation is 1. The predicted molar refractivity (Wildman–Crippen MR) is 88.5 cm³/mol. The third-order valence-corrected chi connectivity index (χ3v) is 5.83. The molecule has 2 rings (SSSR count). The van der Waals surface area contributed by atoms with E-state index in [-0.39, 0.29) is 0 Å². The average molecular weight is 299 g/mol. The van der Waals surface area contributed by atoms with Crippen LogP contribution in [0.15, 0.2) is 17.5 Å². The van der Waals surface area contributed by atoms with Crippen LogP contribution in [0.1, 0.15) is 24.6 Å². The minimum atomic E-state index is 0.639. The van der Waals surface area contributed by atoms with E-state index in [0.717, 1.165) is 6.54 Å². The largest absolute Gasteiger partial charge is 0.312 e. The number of thiophene rings is 1. The maximum atomic E-state index is 3.78. The first-order valence-corrected chi connectivity index (χ1v) is 9.38. The molecule has 0 amide bonds. The molecule has 0 aliphatic carbocycles. The number of nitrogens with one attached hydrogen (secondary N) is 1. The van der Waals surface area contributed by atoms with E-state index in [2.05, 4.69) is 53.5 Å². The average Bonchev–Trinajstić information content (AvgIpc) is 2.93. The molecule has 2 heterocycles. The van der Waals surface area contributed by atoms with Gasteiger partial charge in [0.25, 0.3) is 0 Å². The maximum Gasteiger partial charge on any atom is 0.0337 e. The highest BCUT2D eigenvalue weighted by Crippen LogP contribution is 2.21. The van der Waals surface area contributed by atoms with Crippen LogP contribution in [0.4, 0.5) is 0 Å². The second kappa shape index (κ2) is 8.30. The Labute approximate surface area is 126 Å². The zero-order chi connectivity index (χ0) is 13.5. The van der Waals surface area contributed by atoms with Crippen molar-refractivity contribution < 1.29 is 0 Å². The van der Waals surface area contributed by atoms with Gasteiger partial charge < -0.3 is 10.2 Å². The van der Waals surface area contributed by atoms with Gasteiger partial charge in [-0.15, -0.1) is 11.3 Å². The van der Waals surface area contributed by atoms with Gasteiger partial charge in [0.2, 0.25) is 0 Å². The third-order valence-electron chi connectivity index (χ3n) is 3.85. The lowest BCUT2D eigenvalue weighted by atomic mass is 10.0. The van der Waals surface area contributed by atoms with Crippen LogP contribution in [0.3, 0.4) is 0 Å². The van der Waals surface area contributed by atoms with Crippen molar-refractivity contribution in [2.24, 2.45) is 0 Å². The molecule has 4 heteroatoms. The minimum Gasteiger partial charge on any atom is -0.312 e. The quantitative estimate of drug-likeness (QED) is 0.833. The van der Waals surface area contributed by atoms with Gasteiger partial charge in [0.1, 0.15) is 0 Å². The summed E-state index contributed by atoms with van der Waals surface area (Å²) in [5.41, 5.74) is 0. The summed E-state index contributed by atoms with van der Waals surface area (Å²) >= 11 is 4.00. The van der Waals surface area contributed by atoms with Crippen molar-refractivity contribution in [1.29, 1.82) is 0 Å². The predicted octanol–water partition coefficient (Wildman–Crippen LogP) is 3.10. The molecule has 0 radical (unpaired) electrons. The normalized spacial score (nSPS) is 22.5. The van der Waals surface area contributed by atoms with Crippen LogP contribution in [0, 0.1) is 0 Å². The minimum absolute atomic E-state index is 0.639. The Morgan fingerprint density at radius 2 is 2.42 bits per heavy atom. The van der Waals surface area contributed by atoms with E-state index >= 15 is 0 Å². The summed E-state index contributed by atoms with van der Waals surface area (Å²) in [6.45, 7) is 4.63. The molecule has 0 saturated carbocycles. The third kappa shape index (κ3) is 4.78. The Kier molecular flexibility index (Phi) is 6.71. The van der Waals surface area contributed by atoms with Gasteiger partial charge in [-0.05, 0) is 44.3 Å². The maximum absolute atomic E-state index is 3.78. The first-order chi connectivity index (χ1) is 9.31. The van der Waals surface area contributed by atoms with Gasteiger partial charge >= 0.3 is 0 Å². The monoisotopic (exact) mass is 298 g/mol. The van der Waals surface area contributed by atoms with Gasteiger partial charge in [-0.25, -0.2) is 0 Å². The highest BCUT2D eigenvalue weighted by atomic mass is 32.2. The fourth-order valence-corrected chi connectivity index (χ4v) is 4.68. The zero-order valence-electron chi connectivity index (χ0n) is 12.1. The fraction of sp³-hybridized carbons (Fsp3) is 0.733. The molecule has 2 unspecified atom stereocenters. The van der Waals surface area contributed by atoms with E-state index in [1.807, 2.05) is 11.3 Å². The van der Waals surface area contributed by atoms with Gasteiger partial charge in [-0.2, -0.15) is 11.8 Å². The van der Waals surface area contributed by atoms with Crippen molar-refractivity contribution in [1.82, 2.24) is 10.2 Å². The summed E-state index contributed by atoms with van der Waals surface area (Å²) in [6, 6.07) is 5.77. The van der Waals surface area contributed by atoms with Crippen LogP contribution in [0.2, 0.25) is 0 Å². The molecule has 1 saturated heterocycles. The van der Waals surface area contributed by atoms with Crippen molar-refractivity contribution in [2.45, 2.75) is 38.3 Å². The number of rotatable bonds is 7. The van der Waals surface area contributed by atoms with E-state index in [1.54, 1.807) is 0 Å². The molecule has 19 heavy (non-hydrogen) atoms. The molecule has 0 aromatic carbocycles. The van der Waals surface area contributed by atoms with Crippen molar-refractivity contribution >= 4 is 23.1 Å². The summed E-state index contributed by atoms with van der Waals surface area (Å²) in [5.74, 6) is 2.57. The van der Waals surface area contributed by atoms with Gasteiger partial charge in [0.15, 0.2) is 0 Å². The summed E-state index contributed by atoms with van der Waals surface area (Å²) in [6.07, 6.45) is 3.70. The summed E-state index contributed by atoms with van der Waals surface area (Å²) in [4.78, 5) is 4.08. The first-order valence-electron chi connectivity index (χ1n) is 7.35. The Bertz CT molecular complexity index is 340. The molecular formula is C15H26N2S2. The van der Waals surface area contributed by atoms with Crippen LogP contribution < -0.4 is 5.32 Å². The molecule has 1 N–H and O–H groups in total. The molecule has 2 atom stereocenters. The van der Waals surface area contributed by atoms with Crippen LogP contribution in [0.25, 0.3) is 0 Å². The second-order valence-electron chi connectivity index (χ2n) is 5.30. The van der Waals surface area contributed by atoms with Crippen LogP contribution in [-0.4, -0.2) is 48.6 Å². The Morgan fingerprint density at radius 3 is 3.11 bits per heavy atom. The summed E-state index contributed by atoms with van der Waals surface area (Å²) < 4.78 is 0. The Morgan fingerprint density at radius 1 is 1.53 bits per heavy atom. The summed E-state index contributed by atoms with van der Waals surface area (Å²) in [7, 11) is 2.29. The Balaban J connectivity index is 1.89. The molecule has 1 fully saturated rings. The number of thioether (sulfide) groups is 1. The topological polar surface area (TPSA) is 15.3 Å². The van der Waals surface area contributed by atoms with Crippen LogP contribution >= 0.6 is 23.1 Å². The lowest BCUT2D eigenvalue weighted by Crippen LogP contribution is -2.53.